The number of nitrogens with zero attached hydrogens (tertiary/aromatic N) is 3. The Bertz CT molecular complexity index is 580. The number of rotatable bonds is 5. The van der Waals surface area contributed by atoms with Crippen molar-refractivity contribution in [3.05, 3.63) is 53.3 Å². The monoisotopic (exact) mass is 254 g/mol. The Hall–Kier alpha value is -2.12. The summed E-state index contributed by atoms with van der Waals surface area (Å²) in [5.41, 5.74) is 3.01. The van der Waals surface area contributed by atoms with Gasteiger partial charge in [0.05, 0.1) is 24.4 Å². The van der Waals surface area contributed by atoms with Crippen LogP contribution in [0.2, 0.25) is 0 Å². The van der Waals surface area contributed by atoms with Crippen molar-refractivity contribution in [3.63, 3.8) is 0 Å². The van der Waals surface area contributed by atoms with Gasteiger partial charge in [-0.3, -0.25) is 4.68 Å². The van der Waals surface area contributed by atoms with Crippen LogP contribution < -0.4 is 5.32 Å². The van der Waals surface area contributed by atoms with Crippen LogP contribution in [0.3, 0.4) is 0 Å². The van der Waals surface area contributed by atoms with Crippen molar-refractivity contribution in [3.8, 4) is 6.07 Å². The Morgan fingerprint density at radius 3 is 3.00 bits per heavy atom. The van der Waals surface area contributed by atoms with Crippen LogP contribution in [0.15, 0.2) is 36.7 Å². The standard InChI is InChI=1S/C15H18N4/c1-12-8-18-19(10-12)11-13(2)17-9-15-5-3-4-14(6-15)7-16/h3-6,8,10,13,17H,9,11H2,1-2H3/t13-/m0/s1. The van der Waals surface area contributed by atoms with Crippen LogP contribution in [-0.4, -0.2) is 15.8 Å². The number of nitriles is 1. The molecule has 4 heteroatoms. The molecule has 19 heavy (non-hydrogen) atoms. The second-order valence-corrected chi connectivity index (χ2v) is 4.83. The topological polar surface area (TPSA) is 53.6 Å². The third kappa shape index (κ3) is 3.94. The maximum atomic E-state index is 8.85. The van der Waals surface area contributed by atoms with Crippen molar-refractivity contribution in [2.24, 2.45) is 0 Å². The van der Waals surface area contributed by atoms with Gasteiger partial charge in [-0.05, 0) is 37.1 Å². The van der Waals surface area contributed by atoms with E-state index in [2.05, 4.69) is 23.4 Å². The molecule has 1 heterocycles. The molecule has 0 radical (unpaired) electrons. The van der Waals surface area contributed by atoms with E-state index in [0.29, 0.717) is 11.6 Å². The van der Waals surface area contributed by atoms with Crippen molar-refractivity contribution in [2.75, 3.05) is 0 Å². The zero-order chi connectivity index (χ0) is 13.7. The molecule has 0 fully saturated rings. The molecule has 0 aliphatic heterocycles. The molecule has 0 spiro atoms. The number of aromatic nitrogens is 2. The van der Waals surface area contributed by atoms with Crippen LogP contribution in [0.4, 0.5) is 0 Å². The van der Waals surface area contributed by atoms with E-state index in [9.17, 15) is 0 Å². The molecule has 0 aliphatic carbocycles. The highest BCUT2D eigenvalue weighted by molar-refractivity contribution is 5.32. The maximum absolute atomic E-state index is 8.85. The zero-order valence-electron chi connectivity index (χ0n) is 11.3. The summed E-state index contributed by atoms with van der Waals surface area (Å²) in [4.78, 5) is 0. The minimum atomic E-state index is 0.324. The molecular weight excluding hydrogens is 236 g/mol. The summed E-state index contributed by atoms with van der Waals surface area (Å²) in [6, 6.07) is 10.2. The second kappa shape index (κ2) is 6.17. The SMILES string of the molecule is Cc1cnn(C[C@H](C)NCc2cccc(C#N)c2)c1. The Balaban J connectivity index is 1.86. The van der Waals surface area contributed by atoms with E-state index >= 15 is 0 Å². The number of hydrogen-bond acceptors (Lipinski definition) is 3. The van der Waals surface area contributed by atoms with Crippen LogP contribution in [0.1, 0.15) is 23.6 Å². The molecule has 0 unspecified atom stereocenters. The van der Waals surface area contributed by atoms with E-state index in [0.717, 1.165) is 18.7 Å². The quantitative estimate of drug-likeness (QED) is 0.890. The summed E-state index contributed by atoms with van der Waals surface area (Å²) in [5, 5.41) is 16.6. The summed E-state index contributed by atoms with van der Waals surface area (Å²) in [5.74, 6) is 0. The average molecular weight is 254 g/mol. The molecule has 0 amide bonds. The molecule has 0 bridgehead atoms. The third-order valence-corrected chi connectivity index (χ3v) is 2.93. The lowest BCUT2D eigenvalue weighted by atomic mass is 10.1. The van der Waals surface area contributed by atoms with Crippen LogP contribution in [0, 0.1) is 18.3 Å². The first-order valence-electron chi connectivity index (χ1n) is 6.39. The highest BCUT2D eigenvalue weighted by Gasteiger charge is 2.04. The van der Waals surface area contributed by atoms with Crippen molar-refractivity contribution in [2.45, 2.75) is 33.0 Å². The summed E-state index contributed by atoms with van der Waals surface area (Å²) >= 11 is 0. The van der Waals surface area contributed by atoms with Crippen molar-refractivity contribution in [1.82, 2.24) is 15.1 Å². The summed E-state index contributed by atoms with van der Waals surface area (Å²) in [6.07, 6.45) is 3.90. The van der Waals surface area contributed by atoms with Crippen LogP contribution in [-0.2, 0) is 13.1 Å². The maximum Gasteiger partial charge on any atom is 0.0991 e. The predicted octanol–water partition coefficient (Wildman–Crippen LogP) is 2.24. The van der Waals surface area contributed by atoms with Gasteiger partial charge in [0.15, 0.2) is 0 Å². The molecule has 98 valence electrons. The van der Waals surface area contributed by atoms with Crippen molar-refractivity contribution < 1.29 is 0 Å². The number of benzene rings is 1. The van der Waals surface area contributed by atoms with E-state index in [4.69, 9.17) is 5.26 Å². The zero-order valence-corrected chi connectivity index (χ0v) is 11.3. The first kappa shape index (κ1) is 13.3. The van der Waals surface area contributed by atoms with Crippen molar-refractivity contribution in [1.29, 1.82) is 5.26 Å². The molecule has 1 atom stereocenters. The van der Waals surface area contributed by atoms with Gasteiger partial charge in [-0.1, -0.05) is 12.1 Å². The molecule has 0 saturated carbocycles. The van der Waals surface area contributed by atoms with Gasteiger partial charge < -0.3 is 5.32 Å². The van der Waals surface area contributed by atoms with Gasteiger partial charge >= 0.3 is 0 Å². The Morgan fingerprint density at radius 2 is 2.32 bits per heavy atom. The molecule has 0 saturated heterocycles. The molecule has 1 aromatic heterocycles. The number of aryl methyl sites for hydroxylation is 1. The first-order chi connectivity index (χ1) is 9.17. The largest absolute Gasteiger partial charge is 0.308 e. The van der Waals surface area contributed by atoms with Gasteiger partial charge in [-0.15, -0.1) is 0 Å². The van der Waals surface area contributed by atoms with Crippen molar-refractivity contribution >= 4 is 0 Å². The Kier molecular flexibility index (Phi) is 4.32. The molecular formula is C15H18N4. The Morgan fingerprint density at radius 1 is 1.47 bits per heavy atom. The minimum Gasteiger partial charge on any atom is -0.308 e. The molecule has 4 nitrogen and oxygen atoms in total. The van der Waals surface area contributed by atoms with E-state index in [1.165, 1.54) is 5.56 Å². The van der Waals surface area contributed by atoms with Gasteiger partial charge in [-0.2, -0.15) is 10.4 Å². The van der Waals surface area contributed by atoms with Gasteiger partial charge in [0.25, 0.3) is 0 Å². The molecule has 0 aliphatic rings. The lowest BCUT2D eigenvalue weighted by Crippen LogP contribution is -2.30. The first-order valence-corrected chi connectivity index (χ1v) is 6.39. The lowest BCUT2D eigenvalue weighted by Gasteiger charge is -2.14. The Labute approximate surface area is 113 Å². The van der Waals surface area contributed by atoms with Gasteiger partial charge in [-0.25, -0.2) is 0 Å². The van der Waals surface area contributed by atoms with Gasteiger partial charge in [0.1, 0.15) is 0 Å². The fraction of sp³-hybridized carbons (Fsp3) is 0.333. The fourth-order valence-electron chi connectivity index (χ4n) is 1.95. The van der Waals surface area contributed by atoms with E-state index in [-0.39, 0.29) is 0 Å². The van der Waals surface area contributed by atoms with Gasteiger partial charge in [0.2, 0.25) is 0 Å². The highest BCUT2D eigenvalue weighted by Crippen LogP contribution is 2.04. The molecule has 1 aromatic carbocycles. The molecule has 2 aromatic rings. The third-order valence-electron chi connectivity index (χ3n) is 2.93. The number of nitrogens with one attached hydrogen (secondary N) is 1. The summed E-state index contributed by atoms with van der Waals surface area (Å²) < 4.78 is 1.94. The average Bonchev–Trinajstić information content (AvgIpc) is 2.82. The predicted molar refractivity (Wildman–Crippen MR) is 74.4 cm³/mol. The number of hydrogen-bond donors (Lipinski definition) is 1. The summed E-state index contributed by atoms with van der Waals surface area (Å²) in [6.45, 7) is 5.77. The lowest BCUT2D eigenvalue weighted by molar-refractivity contribution is 0.450. The summed E-state index contributed by atoms with van der Waals surface area (Å²) in [7, 11) is 0. The highest BCUT2D eigenvalue weighted by atomic mass is 15.3. The van der Waals surface area contributed by atoms with E-state index in [1.54, 1.807) is 0 Å². The van der Waals surface area contributed by atoms with Crippen LogP contribution in [0.5, 0.6) is 0 Å². The fourth-order valence-corrected chi connectivity index (χ4v) is 1.95. The van der Waals surface area contributed by atoms with Crippen LogP contribution in [0.25, 0.3) is 0 Å². The van der Waals surface area contributed by atoms with E-state index in [1.807, 2.05) is 48.3 Å². The smallest absolute Gasteiger partial charge is 0.0991 e. The van der Waals surface area contributed by atoms with E-state index < -0.39 is 0 Å². The van der Waals surface area contributed by atoms with Gasteiger partial charge in [0, 0.05) is 18.8 Å². The van der Waals surface area contributed by atoms with Crippen LogP contribution >= 0.6 is 0 Å². The minimum absolute atomic E-state index is 0.324. The normalized spacial score (nSPS) is 12.1. The second-order valence-electron chi connectivity index (χ2n) is 4.83. The molecule has 1 N–H and O–H groups in total. The molecule has 2 rings (SSSR count).